The summed E-state index contributed by atoms with van der Waals surface area (Å²) in [5.74, 6) is 0. The molecule has 1 unspecified atom stereocenters. The zero-order valence-corrected chi connectivity index (χ0v) is 10.6. The molecule has 0 spiro atoms. The smallest absolute Gasteiger partial charge is 0.256 e. The fourth-order valence-electron chi connectivity index (χ4n) is 2.07. The second-order valence-corrected chi connectivity index (χ2v) is 6.63. The molecule has 1 atom stereocenters. The molecule has 1 aliphatic heterocycles. The van der Waals surface area contributed by atoms with Crippen LogP contribution in [0.2, 0.25) is 0 Å². The van der Waals surface area contributed by atoms with Crippen LogP contribution in [0.5, 0.6) is 0 Å². The van der Waals surface area contributed by atoms with Crippen molar-refractivity contribution in [3.8, 4) is 0 Å². The van der Waals surface area contributed by atoms with Crippen LogP contribution in [0.25, 0.3) is 0 Å². The molecule has 1 aliphatic rings. The lowest BCUT2D eigenvalue weighted by Gasteiger charge is -2.34. The minimum Gasteiger partial charge on any atom is -0.300 e. The van der Waals surface area contributed by atoms with Gasteiger partial charge < -0.3 is 4.90 Å². The van der Waals surface area contributed by atoms with E-state index in [4.69, 9.17) is 10.7 Å². The maximum absolute atomic E-state index is 11.0. The number of rotatable bonds is 4. The first-order valence-electron chi connectivity index (χ1n) is 5.31. The molecule has 0 aromatic carbocycles. The summed E-state index contributed by atoms with van der Waals surface area (Å²) < 4.78 is 22.1. The van der Waals surface area contributed by atoms with Gasteiger partial charge in [0.1, 0.15) is 0 Å². The van der Waals surface area contributed by atoms with E-state index in [2.05, 4.69) is 18.4 Å². The van der Waals surface area contributed by atoms with E-state index >= 15 is 0 Å². The third-order valence-electron chi connectivity index (χ3n) is 2.96. The molecule has 88 valence electrons. The summed E-state index contributed by atoms with van der Waals surface area (Å²) in [6.45, 7) is 7.65. The molecule has 1 rings (SSSR count). The highest BCUT2D eigenvalue weighted by Gasteiger charge is 2.24. The topological polar surface area (TPSA) is 37.4 Å². The average Bonchev–Trinajstić information content (AvgIpc) is 2.17. The molecule has 0 bridgehead atoms. The van der Waals surface area contributed by atoms with Crippen molar-refractivity contribution in [1.29, 1.82) is 0 Å². The Morgan fingerprint density at radius 2 is 2.20 bits per heavy atom. The summed E-state index contributed by atoms with van der Waals surface area (Å²) in [5.41, 5.74) is 0. The van der Waals surface area contributed by atoms with Crippen LogP contribution in [0.15, 0.2) is 11.5 Å². The summed E-state index contributed by atoms with van der Waals surface area (Å²) in [6, 6.07) is 0.296. The molecule has 1 heterocycles. The lowest BCUT2D eigenvalue weighted by molar-refractivity contribution is 0.157. The van der Waals surface area contributed by atoms with Crippen LogP contribution in [0.1, 0.15) is 32.6 Å². The second-order valence-electron chi connectivity index (χ2n) is 3.96. The highest BCUT2D eigenvalue weighted by molar-refractivity contribution is 8.16. The van der Waals surface area contributed by atoms with Crippen molar-refractivity contribution in [2.45, 2.75) is 38.6 Å². The standard InChI is InChI=1S/C10H18ClNO2S/c1-3-12-7-5-4-6-10(12)8-9(2)15(11,13)14/h10H,2-8H2,1H3. The van der Waals surface area contributed by atoms with E-state index in [0.717, 1.165) is 25.9 Å². The predicted octanol–water partition coefficient (Wildman–Crippen LogP) is 2.33. The van der Waals surface area contributed by atoms with Gasteiger partial charge in [-0.05, 0) is 32.4 Å². The Morgan fingerprint density at radius 1 is 1.53 bits per heavy atom. The van der Waals surface area contributed by atoms with Crippen LogP contribution in [0.4, 0.5) is 0 Å². The quantitative estimate of drug-likeness (QED) is 0.720. The van der Waals surface area contributed by atoms with Gasteiger partial charge in [-0.1, -0.05) is 19.9 Å². The van der Waals surface area contributed by atoms with Crippen LogP contribution in [-0.4, -0.2) is 32.4 Å². The van der Waals surface area contributed by atoms with Crippen LogP contribution in [0, 0.1) is 0 Å². The van der Waals surface area contributed by atoms with E-state index < -0.39 is 9.05 Å². The van der Waals surface area contributed by atoms with E-state index in [1.54, 1.807) is 0 Å². The first kappa shape index (κ1) is 13.0. The first-order valence-corrected chi connectivity index (χ1v) is 7.62. The summed E-state index contributed by atoms with van der Waals surface area (Å²) in [6.07, 6.45) is 3.88. The largest absolute Gasteiger partial charge is 0.300 e. The predicted molar refractivity (Wildman–Crippen MR) is 63.4 cm³/mol. The van der Waals surface area contributed by atoms with Gasteiger partial charge in [0.2, 0.25) is 0 Å². The normalized spacial score (nSPS) is 24.0. The third kappa shape index (κ3) is 3.78. The monoisotopic (exact) mass is 251 g/mol. The number of likely N-dealkylation sites (tertiary alicyclic amines) is 1. The van der Waals surface area contributed by atoms with Crippen molar-refractivity contribution in [3.05, 3.63) is 11.5 Å². The Bertz CT molecular complexity index is 326. The zero-order chi connectivity index (χ0) is 11.5. The fraction of sp³-hybridized carbons (Fsp3) is 0.800. The SMILES string of the molecule is C=C(CC1CCCCN1CC)S(=O)(=O)Cl. The molecule has 0 aromatic heterocycles. The van der Waals surface area contributed by atoms with Gasteiger partial charge in [0.25, 0.3) is 9.05 Å². The highest BCUT2D eigenvalue weighted by atomic mass is 35.7. The number of piperidine rings is 1. The molecule has 0 aromatic rings. The Hall–Kier alpha value is -0.0600. The van der Waals surface area contributed by atoms with Crippen LogP contribution in [-0.2, 0) is 9.05 Å². The molecule has 0 aliphatic carbocycles. The minimum atomic E-state index is -3.58. The minimum absolute atomic E-state index is 0.148. The van der Waals surface area contributed by atoms with Crippen molar-refractivity contribution >= 4 is 19.7 Å². The van der Waals surface area contributed by atoms with E-state index in [1.807, 2.05) is 0 Å². The Balaban J connectivity index is 2.59. The van der Waals surface area contributed by atoms with Crippen LogP contribution < -0.4 is 0 Å². The van der Waals surface area contributed by atoms with Gasteiger partial charge in [0.05, 0.1) is 4.91 Å². The Morgan fingerprint density at radius 3 is 2.73 bits per heavy atom. The van der Waals surface area contributed by atoms with Crippen molar-refractivity contribution in [2.24, 2.45) is 0 Å². The third-order valence-corrected chi connectivity index (χ3v) is 4.47. The highest BCUT2D eigenvalue weighted by Crippen LogP contribution is 2.25. The van der Waals surface area contributed by atoms with Gasteiger partial charge in [0, 0.05) is 16.7 Å². The summed E-state index contributed by atoms with van der Waals surface area (Å²) >= 11 is 0. The zero-order valence-electron chi connectivity index (χ0n) is 9.08. The fourth-order valence-corrected chi connectivity index (χ4v) is 2.65. The van der Waals surface area contributed by atoms with Crippen LogP contribution >= 0.6 is 10.7 Å². The van der Waals surface area contributed by atoms with Gasteiger partial charge in [-0.2, -0.15) is 0 Å². The molecule has 0 amide bonds. The van der Waals surface area contributed by atoms with Crippen molar-refractivity contribution in [2.75, 3.05) is 13.1 Å². The van der Waals surface area contributed by atoms with E-state index in [1.165, 1.54) is 6.42 Å². The maximum Gasteiger partial charge on any atom is 0.256 e. The number of hydrogen-bond donors (Lipinski definition) is 0. The molecule has 1 fully saturated rings. The first-order chi connectivity index (χ1) is 6.95. The number of nitrogens with zero attached hydrogens (tertiary/aromatic N) is 1. The van der Waals surface area contributed by atoms with Gasteiger partial charge in [-0.25, -0.2) is 8.42 Å². The molecule has 5 heteroatoms. The lowest BCUT2D eigenvalue weighted by Crippen LogP contribution is -2.39. The van der Waals surface area contributed by atoms with E-state index in [0.29, 0.717) is 12.5 Å². The van der Waals surface area contributed by atoms with Gasteiger partial charge in [-0.3, -0.25) is 0 Å². The van der Waals surface area contributed by atoms with Gasteiger partial charge in [-0.15, -0.1) is 0 Å². The Labute approximate surface area is 96.5 Å². The summed E-state index contributed by atoms with van der Waals surface area (Å²) in [4.78, 5) is 2.45. The molecular weight excluding hydrogens is 234 g/mol. The average molecular weight is 252 g/mol. The molecule has 3 nitrogen and oxygen atoms in total. The summed E-state index contributed by atoms with van der Waals surface area (Å²) in [5, 5.41) is 0. The van der Waals surface area contributed by atoms with Crippen molar-refractivity contribution in [3.63, 3.8) is 0 Å². The molecule has 0 N–H and O–H groups in total. The van der Waals surface area contributed by atoms with Crippen molar-refractivity contribution < 1.29 is 8.42 Å². The molecule has 0 radical (unpaired) electrons. The molecule has 15 heavy (non-hydrogen) atoms. The van der Waals surface area contributed by atoms with Gasteiger partial charge >= 0.3 is 0 Å². The molecular formula is C10H18ClNO2S. The second kappa shape index (κ2) is 5.32. The number of halogens is 1. The number of hydrogen-bond acceptors (Lipinski definition) is 3. The van der Waals surface area contributed by atoms with Crippen LogP contribution in [0.3, 0.4) is 0 Å². The van der Waals surface area contributed by atoms with E-state index in [-0.39, 0.29) is 4.91 Å². The maximum atomic E-state index is 11.0. The summed E-state index contributed by atoms with van der Waals surface area (Å²) in [7, 11) is 1.67. The Kier molecular flexibility index (Phi) is 4.62. The molecule has 0 saturated carbocycles. The molecule has 1 saturated heterocycles. The lowest BCUT2D eigenvalue weighted by atomic mass is 9.99. The van der Waals surface area contributed by atoms with E-state index in [9.17, 15) is 8.42 Å². The van der Waals surface area contributed by atoms with Crippen molar-refractivity contribution in [1.82, 2.24) is 4.90 Å². The van der Waals surface area contributed by atoms with Gasteiger partial charge in [0.15, 0.2) is 0 Å².